The molecule has 0 aliphatic rings. The summed E-state index contributed by atoms with van der Waals surface area (Å²) < 4.78 is 25.2. The molecule has 0 aliphatic carbocycles. The minimum absolute atomic E-state index is 0.111. The smallest absolute Gasteiger partial charge is 0.263 e. The number of halogens is 2. The van der Waals surface area contributed by atoms with E-state index < -0.39 is 6.43 Å². The lowest BCUT2D eigenvalue weighted by Crippen LogP contribution is -2.28. The van der Waals surface area contributed by atoms with Crippen molar-refractivity contribution in [1.29, 1.82) is 0 Å². The van der Waals surface area contributed by atoms with Gasteiger partial charge in [0.05, 0.1) is 0 Å². The van der Waals surface area contributed by atoms with Gasteiger partial charge in [-0.1, -0.05) is 51.3 Å². The molecule has 1 aromatic carbocycles. The Balaban J connectivity index is 2.50. The van der Waals surface area contributed by atoms with E-state index in [2.05, 4.69) is 19.2 Å². The molecule has 1 nitrogen and oxygen atoms in total. The first-order valence-electron chi connectivity index (χ1n) is 7.27. The molecule has 0 aromatic heterocycles. The maximum Gasteiger partial charge on any atom is 0.263 e. The van der Waals surface area contributed by atoms with E-state index in [4.69, 9.17) is 0 Å². The summed E-state index contributed by atoms with van der Waals surface area (Å²) in [5.74, 6) is 0. The number of hydrogen-bond acceptors (Lipinski definition) is 1. The van der Waals surface area contributed by atoms with Crippen LogP contribution in [0.2, 0.25) is 0 Å². The van der Waals surface area contributed by atoms with Gasteiger partial charge in [0, 0.05) is 18.2 Å². The minimum Gasteiger partial charge on any atom is -0.310 e. The average molecular weight is 269 g/mol. The van der Waals surface area contributed by atoms with Gasteiger partial charge in [0.15, 0.2) is 0 Å². The van der Waals surface area contributed by atoms with Crippen molar-refractivity contribution in [3.05, 3.63) is 35.4 Å². The number of rotatable bonds is 9. The standard InChI is InChI=1S/C16H25F2N/c1-3-5-10-15(7-4-2)19-12-13-8-6-9-14(11-13)16(17)18/h6,8-9,11,15-16,19H,3-5,7,10,12H2,1-2H3. The molecule has 3 heteroatoms. The van der Waals surface area contributed by atoms with Gasteiger partial charge in [-0.15, -0.1) is 0 Å². The van der Waals surface area contributed by atoms with Crippen LogP contribution in [-0.4, -0.2) is 6.04 Å². The molecular formula is C16H25F2N. The molecular weight excluding hydrogens is 244 g/mol. The van der Waals surface area contributed by atoms with Crippen LogP contribution in [0.4, 0.5) is 8.78 Å². The quantitative estimate of drug-likeness (QED) is 0.659. The summed E-state index contributed by atoms with van der Waals surface area (Å²) in [6, 6.07) is 7.19. The highest BCUT2D eigenvalue weighted by Gasteiger charge is 2.09. The Kier molecular flexibility index (Phi) is 7.65. The van der Waals surface area contributed by atoms with Gasteiger partial charge in [0.25, 0.3) is 6.43 Å². The van der Waals surface area contributed by atoms with E-state index in [0.29, 0.717) is 12.6 Å². The van der Waals surface area contributed by atoms with Crippen molar-refractivity contribution in [1.82, 2.24) is 5.32 Å². The van der Waals surface area contributed by atoms with Gasteiger partial charge in [-0.3, -0.25) is 0 Å². The molecule has 1 unspecified atom stereocenters. The lowest BCUT2D eigenvalue weighted by atomic mass is 10.0. The van der Waals surface area contributed by atoms with Gasteiger partial charge in [-0.05, 0) is 24.5 Å². The highest BCUT2D eigenvalue weighted by molar-refractivity contribution is 5.24. The second-order valence-electron chi connectivity index (χ2n) is 5.05. The van der Waals surface area contributed by atoms with E-state index in [1.54, 1.807) is 12.1 Å². The van der Waals surface area contributed by atoms with Crippen LogP contribution in [0.15, 0.2) is 24.3 Å². The third kappa shape index (κ3) is 6.15. The summed E-state index contributed by atoms with van der Waals surface area (Å²) in [5.41, 5.74) is 1.05. The van der Waals surface area contributed by atoms with Crippen molar-refractivity contribution >= 4 is 0 Å². The maximum atomic E-state index is 12.6. The third-order valence-corrected chi connectivity index (χ3v) is 3.34. The minimum atomic E-state index is -2.38. The van der Waals surface area contributed by atoms with Crippen LogP contribution in [0.5, 0.6) is 0 Å². The summed E-state index contributed by atoms with van der Waals surface area (Å²) >= 11 is 0. The molecule has 1 rings (SSSR count). The molecule has 0 radical (unpaired) electrons. The molecule has 0 aliphatic heterocycles. The number of alkyl halides is 2. The number of nitrogens with one attached hydrogen (secondary N) is 1. The van der Waals surface area contributed by atoms with Gasteiger partial charge in [0.1, 0.15) is 0 Å². The molecule has 19 heavy (non-hydrogen) atoms. The van der Waals surface area contributed by atoms with Crippen LogP contribution < -0.4 is 5.32 Å². The SMILES string of the molecule is CCCCC(CCC)NCc1cccc(C(F)F)c1. The second kappa shape index (κ2) is 9.03. The lowest BCUT2D eigenvalue weighted by molar-refractivity contribution is 0.151. The van der Waals surface area contributed by atoms with Crippen LogP contribution in [-0.2, 0) is 6.54 Å². The van der Waals surface area contributed by atoms with E-state index in [9.17, 15) is 8.78 Å². The molecule has 1 atom stereocenters. The molecule has 0 spiro atoms. The highest BCUT2D eigenvalue weighted by Crippen LogP contribution is 2.19. The van der Waals surface area contributed by atoms with E-state index in [1.165, 1.54) is 25.3 Å². The van der Waals surface area contributed by atoms with Crippen LogP contribution in [0, 0.1) is 0 Å². The van der Waals surface area contributed by atoms with Crippen LogP contribution >= 0.6 is 0 Å². The molecule has 108 valence electrons. The van der Waals surface area contributed by atoms with E-state index >= 15 is 0 Å². The molecule has 0 fully saturated rings. The van der Waals surface area contributed by atoms with Crippen molar-refractivity contribution in [3.8, 4) is 0 Å². The molecule has 0 amide bonds. The number of benzene rings is 1. The Hall–Kier alpha value is -0.960. The predicted octanol–water partition coefficient (Wildman–Crippen LogP) is 5.07. The van der Waals surface area contributed by atoms with Crippen LogP contribution in [0.1, 0.15) is 63.5 Å². The first kappa shape index (κ1) is 16.1. The van der Waals surface area contributed by atoms with Crippen LogP contribution in [0.25, 0.3) is 0 Å². The Morgan fingerprint density at radius 1 is 1.11 bits per heavy atom. The zero-order chi connectivity index (χ0) is 14.1. The molecule has 0 heterocycles. The molecule has 1 N–H and O–H groups in total. The normalized spacial score (nSPS) is 12.9. The fourth-order valence-corrected chi connectivity index (χ4v) is 2.25. The van der Waals surface area contributed by atoms with Gasteiger partial charge < -0.3 is 5.32 Å². The Labute approximate surface area is 115 Å². The predicted molar refractivity (Wildman–Crippen MR) is 76.5 cm³/mol. The highest BCUT2D eigenvalue weighted by atomic mass is 19.3. The zero-order valence-electron chi connectivity index (χ0n) is 12.0. The number of unbranched alkanes of at least 4 members (excludes halogenated alkanes) is 1. The monoisotopic (exact) mass is 269 g/mol. The Morgan fingerprint density at radius 2 is 1.89 bits per heavy atom. The summed E-state index contributed by atoms with van der Waals surface area (Å²) in [5, 5.41) is 3.49. The zero-order valence-corrected chi connectivity index (χ0v) is 12.0. The van der Waals surface area contributed by atoms with Gasteiger partial charge in [-0.25, -0.2) is 8.78 Å². The Morgan fingerprint density at radius 3 is 2.53 bits per heavy atom. The van der Waals surface area contributed by atoms with Gasteiger partial charge >= 0.3 is 0 Å². The second-order valence-corrected chi connectivity index (χ2v) is 5.05. The molecule has 1 aromatic rings. The first-order chi connectivity index (χ1) is 9.17. The molecule has 0 bridgehead atoms. The Bertz CT molecular complexity index is 352. The summed E-state index contributed by atoms with van der Waals surface area (Å²) in [6.45, 7) is 5.04. The lowest BCUT2D eigenvalue weighted by Gasteiger charge is -2.18. The van der Waals surface area contributed by atoms with Crippen LogP contribution in [0.3, 0.4) is 0 Å². The average Bonchev–Trinajstić information content (AvgIpc) is 2.42. The first-order valence-corrected chi connectivity index (χ1v) is 7.27. The van der Waals surface area contributed by atoms with E-state index in [1.807, 2.05) is 6.07 Å². The topological polar surface area (TPSA) is 12.0 Å². The van der Waals surface area contributed by atoms with Crippen molar-refractivity contribution in [2.75, 3.05) is 0 Å². The number of hydrogen-bond donors (Lipinski definition) is 1. The van der Waals surface area contributed by atoms with Gasteiger partial charge in [0.2, 0.25) is 0 Å². The fourth-order valence-electron chi connectivity index (χ4n) is 2.25. The van der Waals surface area contributed by atoms with Crippen molar-refractivity contribution in [3.63, 3.8) is 0 Å². The third-order valence-electron chi connectivity index (χ3n) is 3.34. The maximum absolute atomic E-state index is 12.6. The summed E-state index contributed by atoms with van der Waals surface area (Å²) in [6.07, 6.45) is 3.50. The largest absolute Gasteiger partial charge is 0.310 e. The van der Waals surface area contributed by atoms with Crippen molar-refractivity contribution in [2.45, 2.75) is 65.0 Å². The van der Waals surface area contributed by atoms with E-state index in [-0.39, 0.29) is 5.56 Å². The summed E-state index contributed by atoms with van der Waals surface area (Å²) in [4.78, 5) is 0. The van der Waals surface area contributed by atoms with E-state index in [0.717, 1.165) is 18.4 Å². The van der Waals surface area contributed by atoms with Crippen molar-refractivity contribution < 1.29 is 8.78 Å². The molecule has 0 saturated heterocycles. The fraction of sp³-hybridized carbons (Fsp3) is 0.625. The van der Waals surface area contributed by atoms with Gasteiger partial charge in [-0.2, -0.15) is 0 Å². The summed E-state index contributed by atoms with van der Waals surface area (Å²) in [7, 11) is 0. The molecule has 0 saturated carbocycles. The van der Waals surface area contributed by atoms with Crippen molar-refractivity contribution in [2.24, 2.45) is 0 Å².